The first-order valence-electron chi connectivity index (χ1n) is 3.43. The van der Waals surface area contributed by atoms with E-state index in [4.69, 9.17) is 0 Å². The van der Waals surface area contributed by atoms with Gasteiger partial charge in [0, 0.05) is 22.7 Å². The summed E-state index contributed by atoms with van der Waals surface area (Å²) in [5.74, 6) is 0. The van der Waals surface area contributed by atoms with E-state index < -0.39 is 0 Å². The predicted molar refractivity (Wildman–Crippen MR) is 43.7 cm³/mol. The fourth-order valence-corrected chi connectivity index (χ4v) is 1.19. The van der Waals surface area contributed by atoms with E-state index in [1.807, 2.05) is 24.3 Å². The Balaban J connectivity index is 2.86. The first-order valence-corrected chi connectivity index (χ1v) is 3.43. The first kappa shape index (κ1) is 6.16. The molecule has 0 saturated heterocycles. The van der Waals surface area contributed by atoms with Gasteiger partial charge in [-0.2, -0.15) is 0 Å². The molecule has 0 aliphatic heterocycles. The van der Waals surface area contributed by atoms with Crippen molar-refractivity contribution in [3.05, 3.63) is 36.0 Å². The molecule has 1 N–H and O–H groups in total. The second-order valence-corrected chi connectivity index (χ2v) is 2.41. The molecule has 0 radical (unpaired) electrons. The standard InChI is InChI=1S/C9H7NO/c11-6-7-5-10-9-4-2-1-3-8(7)9/h1-6,10H/i1+2,2+2,3+2,4+2,8+2,9+2. The number of H-pyrrole nitrogens is 1. The molecule has 2 rings (SSSR count). The third-order valence-corrected chi connectivity index (χ3v) is 1.75. The topological polar surface area (TPSA) is 32.9 Å². The van der Waals surface area contributed by atoms with Crippen LogP contribution in [0.25, 0.3) is 10.9 Å². The van der Waals surface area contributed by atoms with Crippen molar-refractivity contribution in [1.82, 2.24) is 4.98 Å². The predicted octanol–water partition coefficient (Wildman–Crippen LogP) is 1.98. The minimum Gasteiger partial charge on any atom is -0.360 e. The Morgan fingerprint density at radius 3 is 3.09 bits per heavy atom. The summed E-state index contributed by atoms with van der Waals surface area (Å²) >= 11 is 0. The maximum absolute atomic E-state index is 10.5. The minimum atomic E-state index is 0.723. The smallest absolute Gasteiger partial charge is 0.152 e. The number of rotatable bonds is 1. The highest BCUT2D eigenvalue weighted by Gasteiger charge is 1.98. The first-order chi connectivity index (χ1) is 5.42. The lowest BCUT2D eigenvalue weighted by Gasteiger charge is -1.86. The van der Waals surface area contributed by atoms with E-state index in [-0.39, 0.29) is 0 Å². The Morgan fingerprint density at radius 1 is 1.45 bits per heavy atom. The van der Waals surface area contributed by atoms with Gasteiger partial charge in [-0.15, -0.1) is 0 Å². The Hall–Kier alpha value is -1.57. The zero-order chi connectivity index (χ0) is 7.68. The number of aromatic nitrogens is 1. The van der Waals surface area contributed by atoms with Crippen LogP contribution < -0.4 is 0 Å². The van der Waals surface area contributed by atoms with Crippen LogP contribution in [0.4, 0.5) is 0 Å². The molecule has 0 fully saturated rings. The SMILES string of the molecule is O=Cc1c[nH][14c]2[14cH][14cH][14cH][14cH][14c]12. The molecule has 1 aromatic heterocycles. The number of aldehydes is 1. The molecule has 0 bridgehead atoms. The molecular weight excluding hydrogens is 150 g/mol. The third-order valence-electron chi connectivity index (χ3n) is 1.75. The largest absolute Gasteiger partial charge is 0.360 e. The van der Waals surface area contributed by atoms with Crippen molar-refractivity contribution < 1.29 is 4.79 Å². The van der Waals surface area contributed by atoms with E-state index in [0.29, 0.717) is 0 Å². The van der Waals surface area contributed by atoms with Crippen molar-refractivity contribution >= 4 is 17.2 Å². The maximum atomic E-state index is 10.5. The molecule has 54 valence electrons. The van der Waals surface area contributed by atoms with Crippen molar-refractivity contribution in [1.29, 1.82) is 0 Å². The average Bonchev–Trinajstić information content (AvgIpc) is 2.47. The molecule has 2 aromatic rings. The Morgan fingerprint density at radius 2 is 2.27 bits per heavy atom. The second-order valence-electron chi connectivity index (χ2n) is 2.41. The number of benzene rings is 1. The van der Waals surface area contributed by atoms with Gasteiger partial charge in [-0.1, -0.05) is 18.2 Å². The summed E-state index contributed by atoms with van der Waals surface area (Å²) in [5, 5.41) is 0.988. The molecule has 1 aromatic carbocycles. The number of aromatic amines is 1. The van der Waals surface area contributed by atoms with Gasteiger partial charge in [0.2, 0.25) is 0 Å². The zero-order valence-corrected chi connectivity index (χ0v) is 5.87. The molecule has 11 heavy (non-hydrogen) atoms. The van der Waals surface area contributed by atoms with Crippen LogP contribution in [-0.4, -0.2) is 11.3 Å². The van der Waals surface area contributed by atoms with E-state index in [1.54, 1.807) is 6.20 Å². The third kappa shape index (κ3) is 0.835. The monoisotopic (exact) mass is 157 g/mol. The van der Waals surface area contributed by atoms with Crippen LogP contribution in [0.15, 0.2) is 30.5 Å². The van der Waals surface area contributed by atoms with Gasteiger partial charge in [0.1, 0.15) is 0 Å². The van der Waals surface area contributed by atoms with Gasteiger partial charge in [0.15, 0.2) is 6.29 Å². The van der Waals surface area contributed by atoms with Crippen LogP contribution in [0.2, 0.25) is 0 Å². The molecule has 0 amide bonds. The van der Waals surface area contributed by atoms with E-state index in [0.717, 1.165) is 22.8 Å². The minimum absolute atomic E-state index is 0.723. The van der Waals surface area contributed by atoms with Gasteiger partial charge in [-0.25, -0.2) is 0 Å². The van der Waals surface area contributed by atoms with Crippen molar-refractivity contribution in [3.63, 3.8) is 0 Å². The highest BCUT2D eigenvalue weighted by atomic mass is 16.1. The summed E-state index contributed by atoms with van der Waals surface area (Å²) in [5.41, 5.74) is 1.73. The van der Waals surface area contributed by atoms with Gasteiger partial charge >= 0.3 is 0 Å². The average molecular weight is 157 g/mol. The molecule has 2 heteroatoms. The van der Waals surface area contributed by atoms with Crippen LogP contribution in [0, 0.1) is 0 Å². The van der Waals surface area contributed by atoms with Gasteiger partial charge in [0.05, 0.1) is 0 Å². The number of para-hydroxylation sites is 1. The van der Waals surface area contributed by atoms with Crippen LogP contribution in [-0.2, 0) is 0 Å². The zero-order valence-electron chi connectivity index (χ0n) is 5.87. The lowest BCUT2D eigenvalue weighted by molar-refractivity contribution is 0.112. The van der Waals surface area contributed by atoms with Crippen LogP contribution in [0.3, 0.4) is 0 Å². The van der Waals surface area contributed by atoms with Crippen LogP contribution in [0.5, 0.6) is 0 Å². The fraction of sp³-hybridized carbons (Fsp3) is 0. The normalized spacial score (nSPS) is 10.2. The maximum Gasteiger partial charge on any atom is 0.152 e. The lowest BCUT2D eigenvalue weighted by atomic mass is 10.5. The molecule has 0 aliphatic rings. The lowest BCUT2D eigenvalue weighted by Crippen LogP contribution is -1.72. The van der Waals surface area contributed by atoms with E-state index in [9.17, 15) is 4.79 Å². The molecule has 0 aliphatic carbocycles. The summed E-state index contributed by atoms with van der Waals surface area (Å²) in [6.45, 7) is 0. The molecule has 0 atom stereocenters. The highest BCUT2D eigenvalue weighted by molar-refractivity contribution is 5.96. The molecular formula is C9H7NO. The molecule has 0 spiro atoms. The van der Waals surface area contributed by atoms with Gasteiger partial charge < -0.3 is 4.98 Å². The molecule has 2 nitrogen and oxygen atoms in total. The summed E-state index contributed by atoms with van der Waals surface area (Å²) in [6, 6.07) is 7.73. The van der Waals surface area contributed by atoms with E-state index in [1.165, 1.54) is 0 Å². The number of carbonyl (C=O) groups is 1. The van der Waals surface area contributed by atoms with Gasteiger partial charge in [-0.05, 0) is 6.07 Å². The summed E-state index contributed by atoms with van der Waals surface area (Å²) in [6.07, 6.45) is 2.58. The second kappa shape index (κ2) is 2.23. The summed E-state index contributed by atoms with van der Waals surface area (Å²) in [7, 11) is 0. The molecule has 1 heterocycles. The van der Waals surface area contributed by atoms with Gasteiger partial charge in [-0.3, -0.25) is 4.79 Å². The summed E-state index contributed by atoms with van der Waals surface area (Å²) < 4.78 is 0. The number of fused-ring (bicyclic) bond motifs is 1. The number of nitrogens with one attached hydrogen (secondary N) is 1. The van der Waals surface area contributed by atoms with E-state index in [2.05, 4.69) is 4.98 Å². The van der Waals surface area contributed by atoms with Crippen LogP contribution in [0.1, 0.15) is 10.4 Å². The van der Waals surface area contributed by atoms with Gasteiger partial charge in [0.25, 0.3) is 0 Å². The van der Waals surface area contributed by atoms with E-state index >= 15 is 0 Å². The summed E-state index contributed by atoms with van der Waals surface area (Å²) in [4.78, 5) is 13.5. The number of carbonyl (C=O) groups excluding carboxylic acids is 1. The quantitative estimate of drug-likeness (QED) is 0.631. The number of hydrogen-bond acceptors (Lipinski definition) is 1. The Kier molecular flexibility index (Phi) is 1.25. The fourth-order valence-electron chi connectivity index (χ4n) is 1.19. The molecule has 0 saturated carbocycles. The van der Waals surface area contributed by atoms with Crippen LogP contribution >= 0.6 is 0 Å². The highest BCUT2D eigenvalue weighted by Crippen LogP contribution is 2.14. The molecule has 0 unspecified atom stereocenters. The van der Waals surface area contributed by atoms with Crippen molar-refractivity contribution in [2.45, 2.75) is 0 Å². The van der Waals surface area contributed by atoms with Crippen molar-refractivity contribution in [2.24, 2.45) is 0 Å². The number of hydrogen-bond donors (Lipinski definition) is 1. The van der Waals surface area contributed by atoms with Crippen molar-refractivity contribution in [3.8, 4) is 0 Å². The Bertz CT molecular complexity index is 389. The van der Waals surface area contributed by atoms with Crippen molar-refractivity contribution in [2.75, 3.05) is 0 Å². The Labute approximate surface area is 63.8 Å².